The van der Waals surface area contributed by atoms with E-state index in [-0.39, 0.29) is 24.7 Å². The summed E-state index contributed by atoms with van der Waals surface area (Å²) in [6.07, 6.45) is -0.465. The largest absolute Gasteiger partial charge is 0.443 e. The highest BCUT2D eigenvalue weighted by molar-refractivity contribution is 9.09. The fraction of sp³-hybridized carbons (Fsp3) is 0.429. The third kappa shape index (κ3) is 2.89. The minimum absolute atomic E-state index is 0.0473. The molecule has 0 N–H and O–H groups in total. The molecule has 2 aliphatic rings. The predicted molar refractivity (Wildman–Crippen MR) is 81.0 cm³/mol. The number of halogens is 1. The highest BCUT2D eigenvalue weighted by Gasteiger charge is 2.31. The molecule has 0 unspecified atom stereocenters. The van der Waals surface area contributed by atoms with Gasteiger partial charge in [0.15, 0.2) is 0 Å². The lowest BCUT2D eigenvalue weighted by Crippen LogP contribution is -2.41. The molecule has 1 aromatic rings. The van der Waals surface area contributed by atoms with Gasteiger partial charge in [-0.15, -0.1) is 0 Å². The van der Waals surface area contributed by atoms with Gasteiger partial charge in [-0.3, -0.25) is 9.69 Å². The Labute approximate surface area is 130 Å². The Hall–Kier alpha value is -1.60. The lowest BCUT2D eigenvalue weighted by molar-refractivity contribution is -0.125. The summed E-state index contributed by atoms with van der Waals surface area (Å²) in [5.74, 6) is -0.0473. The summed E-state index contributed by atoms with van der Waals surface area (Å²) in [7, 11) is 0. The topological polar surface area (TPSA) is 59.1 Å². The number of alkyl halides is 1. The maximum absolute atomic E-state index is 11.8. The molecular weight excluding hydrogens is 340 g/mol. The molecule has 0 bridgehead atoms. The van der Waals surface area contributed by atoms with Crippen LogP contribution in [0.15, 0.2) is 24.3 Å². The van der Waals surface area contributed by atoms with Gasteiger partial charge < -0.3 is 14.4 Å². The third-order valence-electron chi connectivity index (χ3n) is 3.51. The van der Waals surface area contributed by atoms with Crippen LogP contribution in [0.4, 0.5) is 16.2 Å². The van der Waals surface area contributed by atoms with Crippen LogP contribution >= 0.6 is 15.9 Å². The summed E-state index contributed by atoms with van der Waals surface area (Å²) in [5, 5.41) is 0.621. The van der Waals surface area contributed by atoms with Crippen LogP contribution in [-0.2, 0) is 14.3 Å². The molecule has 2 heterocycles. The second-order valence-electron chi connectivity index (χ2n) is 4.89. The van der Waals surface area contributed by atoms with Crippen LogP contribution in [0.2, 0.25) is 0 Å². The Morgan fingerprint density at radius 1 is 1.14 bits per heavy atom. The molecule has 0 aromatic heterocycles. The van der Waals surface area contributed by atoms with Crippen molar-refractivity contribution in [2.24, 2.45) is 0 Å². The second kappa shape index (κ2) is 6.03. The number of carbonyl (C=O) groups excluding carboxylic acids is 2. The summed E-state index contributed by atoms with van der Waals surface area (Å²) in [5.41, 5.74) is 1.59. The molecule has 6 nitrogen and oxygen atoms in total. The molecule has 2 aliphatic heterocycles. The molecule has 21 heavy (non-hydrogen) atoms. The van der Waals surface area contributed by atoms with E-state index in [1.807, 2.05) is 24.3 Å². The van der Waals surface area contributed by atoms with Crippen molar-refractivity contribution < 1.29 is 19.1 Å². The first kappa shape index (κ1) is 14.3. The molecular formula is C14H15BrN2O4. The minimum atomic E-state index is -0.338. The van der Waals surface area contributed by atoms with E-state index in [0.29, 0.717) is 25.0 Å². The van der Waals surface area contributed by atoms with Gasteiger partial charge in [0.2, 0.25) is 0 Å². The second-order valence-corrected chi connectivity index (χ2v) is 5.53. The zero-order valence-corrected chi connectivity index (χ0v) is 12.9. The first-order chi connectivity index (χ1) is 10.2. The summed E-state index contributed by atoms with van der Waals surface area (Å²) in [6, 6.07) is 7.34. The van der Waals surface area contributed by atoms with Gasteiger partial charge in [0.25, 0.3) is 5.91 Å². The maximum atomic E-state index is 11.8. The number of hydrogen-bond acceptors (Lipinski definition) is 4. The molecule has 1 aromatic carbocycles. The van der Waals surface area contributed by atoms with E-state index >= 15 is 0 Å². The molecule has 112 valence electrons. The van der Waals surface area contributed by atoms with Crippen LogP contribution < -0.4 is 9.80 Å². The van der Waals surface area contributed by atoms with Gasteiger partial charge in [0.05, 0.1) is 13.2 Å². The van der Waals surface area contributed by atoms with E-state index in [1.165, 1.54) is 0 Å². The average Bonchev–Trinajstić information content (AvgIpc) is 2.89. The van der Waals surface area contributed by atoms with Crippen LogP contribution in [0, 0.1) is 0 Å². The number of rotatable bonds is 3. The number of benzene rings is 1. The number of ether oxygens (including phenoxy) is 2. The molecule has 2 saturated heterocycles. The number of carbonyl (C=O) groups is 2. The number of morpholine rings is 1. The van der Waals surface area contributed by atoms with Crippen molar-refractivity contribution in [2.75, 3.05) is 41.4 Å². The Morgan fingerprint density at radius 2 is 1.81 bits per heavy atom. The van der Waals surface area contributed by atoms with Gasteiger partial charge in [-0.2, -0.15) is 0 Å². The maximum Gasteiger partial charge on any atom is 0.414 e. The molecule has 7 heteroatoms. The normalized spacial score (nSPS) is 22.6. The first-order valence-corrected chi connectivity index (χ1v) is 7.83. The van der Waals surface area contributed by atoms with E-state index in [9.17, 15) is 9.59 Å². The molecule has 0 radical (unpaired) electrons. The number of anilines is 2. The number of hydrogen-bond donors (Lipinski definition) is 0. The fourth-order valence-electron chi connectivity index (χ4n) is 2.42. The lowest BCUT2D eigenvalue weighted by Gasteiger charge is -2.27. The number of nitrogens with zero attached hydrogens (tertiary/aromatic N) is 2. The fourth-order valence-corrected chi connectivity index (χ4v) is 2.75. The predicted octanol–water partition coefficient (Wildman–Crippen LogP) is 1.77. The van der Waals surface area contributed by atoms with E-state index in [0.717, 1.165) is 11.4 Å². The zero-order chi connectivity index (χ0) is 14.8. The van der Waals surface area contributed by atoms with Gasteiger partial charge in [-0.25, -0.2) is 4.79 Å². The molecule has 3 rings (SSSR count). The Morgan fingerprint density at radius 3 is 2.38 bits per heavy atom. The smallest absolute Gasteiger partial charge is 0.414 e. The van der Waals surface area contributed by atoms with Crippen molar-refractivity contribution in [1.82, 2.24) is 0 Å². The van der Waals surface area contributed by atoms with E-state index < -0.39 is 0 Å². The van der Waals surface area contributed by atoms with E-state index in [2.05, 4.69) is 15.9 Å². The van der Waals surface area contributed by atoms with Gasteiger partial charge in [0.1, 0.15) is 12.7 Å². The van der Waals surface area contributed by atoms with Gasteiger partial charge in [-0.1, -0.05) is 15.9 Å². The molecule has 2 fully saturated rings. The Balaban J connectivity index is 1.75. The first-order valence-electron chi connectivity index (χ1n) is 6.71. The summed E-state index contributed by atoms with van der Waals surface area (Å²) < 4.78 is 10.3. The van der Waals surface area contributed by atoms with Gasteiger partial charge in [0, 0.05) is 23.2 Å². The van der Waals surface area contributed by atoms with Gasteiger partial charge in [-0.05, 0) is 24.3 Å². The molecule has 0 saturated carbocycles. The third-order valence-corrected chi connectivity index (χ3v) is 4.23. The standard InChI is InChI=1S/C14H15BrN2O4/c15-7-12-8-17(14(19)21-12)11-3-1-10(2-4-11)16-5-6-20-9-13(16)18/h1-4,12H,5-9H2/t12-/m0/s1. The van der Waals surface area contributed by atoms with Gasteiger partial charge >= 0.3 is 6.09 Å². The van der Waals surface area contributed by atoms with Crippen LogP contribution in [0.3, 0.4) is 0 Å². The molecule has 0 aliphatic carbocycles. The number of cyclic esters (lactones) is 1. The number of amides is 2. The quantitative estimate of drug-likeness (QED) is 0.776. The molecule has 1 atom stereocenters. The van der Waals surface area contributed by atoms with Crippen molar-refractivity contribution in [2.45, 2.75) is 6.10 Å². The average molecular weight is 355 g/mol. The van der Waals surface area contributed by atoms with Crippen molar-refractivity contribution in [3.8, 4) is 0 Å². The highest BCUT2D eigenvalue weighted by Crippen LogP contribution is 2.25. The summed E-state index contributed by atoms with van der Waals surface area (Å²) >= 11 is 3.31. The highest BCUT2D eigenvalue weighted by atomic mass is 79.9. The lowest BCUT2D eigenvalue weighted by atomic mass is 10.2. The molecule has 2 amide bonds. The van der Waals surface area contributed by atoms with Crippen molar-refractivity contribution in [3.05, 3.63) is 24.3 Å². The monoisotopic (exact) mass is 354 g/mol. The van der Waals surface area contributed by atoms with Crippen LogP contribution in [0.1, 0.15) is 0 Å². The van der Waals surface area contributed by atoms with Crippen molar-refractivity contribution >= 4 is 39.3 Å². The summed E-state index contributed by atoms with van der Waals surface area (Å²) in [6.45, 7) is 1.74. The Kier molecular flexibility index (Phi) is 4.12. The van der Waals surface area contributed by atoms with Crippen molar-refractivity contribution in [3.63, 3.8) is 0 Å². The SMILES string of the molecule is O=C1COCCN1c1ccc(N2C[C@H](CBr)OC2=O)cc1. The Bertz CT molecular complexity index is 548. The summed E-state index contributed by atoms with van der Waals surface area (Å²) in [4.78, 5) is 26.9. The molecule has 0 spiro atoms. The van der Waals surface area contributed by atoms with E-state index in [4.69, 9.17) is 9.47 Å². The van der Waals surface area contributed by atoms with Crippen LogP contribution in [0.5, 0.6) is 0 Å². The van der Waals surface area contributed by atoms with Crippen LogP contribution in [0.25, 0.3) is 0 Å². The minimum Gasteiger partial charge on any atom is -0.443 e. The van der Waals surface area contributed by atoms with Crippen LogP contribution in [-0.4, -0.2) is 49.7 Å². The van der Waals surface area contributed by atoms with Crippen molar-refractivity contribution in [1.29, 1.82) is 0 Å². The zero-order valence-electron chi connectivity index (χ0n) is 11.3. The van der Waals surface area contributed by atoms with E-state index in [1.54, 1.807) is 9.80 Å².